The molecule has 0 aliphatic carbocycles. The largest absolute Gasteiger partial charge is 0.507 e. The number of aromatic carboxylic acids is 1. The number of nitrogens with two attached hydrogens (primary N) is 1. The van der Waals surface area contributed by atoms with Crippen LogP contribution in [0.1, 0.15) is 32.0 Å². The lowest BCUT2D eigenvalue weighted by atomic mass is 10.1. The van der Waals surface area contributed by atoms with Crippen LogP contribution in [0.15, 0.2) is 60.7 Å². The van der Waals surface area contributed by atoms with Crippen molar-refractivity contribution in [2.75, 3.05) is 12.8 Å². The van der Waals surface area contributed by atoms with Crippen LogP contribution in [0.5, 0.6) is 11.5 Å². The number of hydrogen-bond acceptors (Lipinski definition) is 6. The highest BCUT2D eigenvalue weighted by atomic mass is 35.5. The number of carboxylic acids is 2. The molecule has 3 aromatic carbocycles. The average Bonchev–Trinajstić information content (AvgIpc) is 3.11. The number of methoxy groups -OCH3 is 1. The van der Waals surface area contributed by atoms with E-state index in [0.29, 0.717) is 44.2 Å². The summed E-state index contributed by atoms with van der Waals surface area (Å²) in [6.07, 6.45) is -0.170. The second kappa shape index (κ2) is 10.8. The van der Waals surface area contributed by atoms with Gasteiger partial charge in [0.05, 0.1) is 19.0 Å². The molecule has 0 unspecified atom stereocenters. The number of aromatic nitrogens is 1. The summed E-state index contributed by atoms with van der Waals surface area (Å²) < 4.78 is 6.77. The van der Waals surface area contributed by atoms with Gasteiger partial charge in [-0.1, -0.05) is 11.6 Å². The van der Waals surface area contributed by atoms with Gasteiger partial charge in [0.1, 0.15) is 17.1 Å². The monoisotopic (exact) mass is 510 g/mol. The average molecular weight is 511 g/mol. The van der Waals surface area contributed by atoms with Gasteiger partial charge in [-0.2, -0.15) is 0 Å². The summed E-state index contributed by atoms with van der Waals surface area (Å²) in [6.45, 7) is 1.75. The highest BCUT2D eigenvalue weighted by Crippen LogP contribution is 2.31. The number of carboxylic acid groups (broad SMARTS) is 2. The molecule has 0 amide bonds. The van der Waals surface area contributed by atoms with Gasteiger partial charge in [0, 0.05) is 27.4 Å². The minimum absolute atomic E-state index is 0.170. The van der Waals surface area contributed by atoms with Crippen LogP contribution in [-0.4, -0.2) is 44.8 Å². The fourth-order valence-corrected chi connectivity index (χ4v) is 3.80. The molecule has 0 saturated carbocycles. The third kappa shape index (κ3) is 5.59. The van der Waals surface area contributed by atoms with E-state index in [1.807, 2.05) is 0 Å². The highest BCUT2D eigenvalue weighted by Gasteiger charge is 2.21. The molecule has 0 bridgehead atoms. The number of aromatic hydroxyl groups is 1. The van der Waals surface area contributed by atoms with E-state index in [-0.39, 0.29) is 23.6 Å². The molecule has 186 valence electrons. The first-order valence-electron chi connectivity index (χ1n) is 10.5. The minimum atomic E-state index is -1.19. The van der Waals surface area contributed by atoms with Gasteiger partial charge >= 0.3 is 11.9 Å². The number of halogens is 1. The first-order chi connectivity index (χ1) is 17.0. The molecular formula is C26H23ClN2O7. The molecule has 10 heteroatoms. The van der Waals surface area contributed by atoms with E-state index in [9.17, 15) is 19.5 Å². The molecule has 0 atom stereocenters. The van der Waals surface area contributed by atoms with E-state index in [0.717, 1.165) is 0 Å². The van der Waals surface area contributed by atoms with Crippen LogP contribution in [0.4, 0.5) is 5.69 Å². The molecule has 0 fully saturated rings. The molecule has 1 aromatic heterocycles. The number of anilines is 1. The predicted octanol–water partition coefficient (Wildman–Crippen LogP) is 4.60. The summed E-state index contributed by atoms with van der Waals surface area (Å²) in [7, 11) is 1.54. The Balaban J connectivity index is 0.000000275. The number of ether oxygens (including phenoxy) is 1. The zero-order valence-corrected chi connectivity index (χ0v) is 20.1. The van der Waals surface area contributed by atoms with Crippen molar-refractivity contribution in [1.82, 2.24) is 4.57 Å². The molecule has 0 aliphatic rings. The molecule has 5 N–H and O–H groups in total. The molecule has 0 aliphatic heterocycles. The predicted molar refractivity (Wildman–Crippen MR) is 135 cm³/mol. The van der Waals surface area contributed by atoms with Crippen molar-refractivity contribution in [3.8, 4) is 11.5 Å². The van der Waals surface area contributed by atoms with Gasteiger partial charge < -0.3 is 25.8 Å². The third-order valence-electron chi connectivity index (χ3n) is 5.42. The topological polar surface area (TPSA) is 152 Å². The molecular weight excluding hydrogens is 488 g/mol. The summed E-state index contributed by atoms with van der Waals surface area (Å²) in [6, 6.07) is 15.8. The second-order valence-electron chi connectivity index (χ2n) is 7.75. The number of carbonyl (C=O) groups is 3. The number of phenols is 1. The second-order valence-corrected chi connectivity index (χ2v) is 8.18. The Morgan fingerprint density at radius 1 is 1.00 bits per heavy atom. The van der Waals surface area contributed by atoms with E-state index in [2.05, 4.69) is 0 Å². The van der Waals surface area contributed by atoms with Crippen molar-refractivity contribution >= 4 is 46.0 Å². The first kappa shape index (κ1) is 26.1. The maximum absolute atomic E-state index is 13.0. The van der Waals surface area contributed by atoms with Gasteiger partial charge in [-0.3, -0.25) is 14.2 Å². The molecule has 4 rings (SSSR count). The minimum Gasteiger partial charge on any atom is -0.507 e. The molecule has 4 aromatic rings. The Kier molecular flexibility index (Phi) is 7.86. The zero-order valence-electron chi connectivity index (χ0n) is 19.4. The van der Waals surface area contributed by atoms with Crippen LogP contribution >= 0.6 is 11.6 Å². The number of aliphatic carboxylic acids is 1. The lowest BCUT2D eigenvalue weighted by Gasteiger charge is -2.08. The van der Waals surface area contributed by atoms with Crippen molar-refractivity contribution in [2.24, 2.45) is 0 Å². The summed E-state index contributed by atoms with van der Waals surface area (Å²) >= 11 is 5.89. The Labute approximate surface area is 210 Å². The summed E-state index contributed by atoms with van der Waals surface area (Å²) in [5, 5.41) is 27.9. The smallest absolute Gasteiger partial charge is 0.339 e. The molecule has 0 spiro atoms. The van der Waals surface area contributed by atoms with E-state index in [1.54, 1.807) is 56.5 Å². The molecule has 0 saturated heterocycles. The number of fused-ring (bicyclic) bond motifs is 1. The third-order valence-corrected chi connectivity index (χ3v) is 5.67. The van der Waals surface area contributed by atoms with Crippen LogP contribution in [0.25, 0.3) is 10.9 Å². The van der Waals surface area contributed by atoms with E-state index < -0.39 is 11.9 Å². The van der Waals surface area contributed by atoms with Crippen LogP contribution in [-0.2, 0) is 11.2 Å². The van der Waals surface area contributed by atoms with Crippen LogP contribution in [0.2, 0.25) is 5.02 Å². The van der Waals surface area contributed by atoms with Gasteiger partial charge in [0.25, 0.3) is 5.91 Å². The van der Waals surface area contributed by atoms with Crippen molar-refractivity contribution in [3.63, 3.8) is 0 Å². The maximum atomic E-state index is 13.0. The number of benzene rings is 3. The van der Waals surface area contributed by atoms with Crippen LogP contribution < -0.4 is 10.5 Å². The van der Waals surface area contributed by atoms with Crippen molar-refractivity contribution < 1.29 is 34.4 Å². The van der Waals surface area contributed by atoms with Gasteiger partial charge in [0.2, 0.25) is 0 Å². The standard InChI is InChI=1S/C19H16ClNO4.C7H7NO3/c1-11-15(10-18(22)23)16-9-14(25-2)7-8-17(16)21(11)19(24)12-3-5-13(20)6-4-12;8-4-1-2-6(9)5(3-4)7(10)11/h3-9H,10H2,1-2H3,(H,22,23);1-3,9H,8H2,(H,10,11). The number of nitrogens with zero attached hydrogens (tertiary/aromatic N) is 1. The first-order valence-corrected chi connectivity index (χ1v) is 10.9. The zero-order chi connectivity index (χ0) is 26.6. The number of carbonyl (C=O) groups excluding carboxylic acids is 1. The fourth-order valence-electron chi connectivity index (χ4n) is 3.67. The number of hydrogen-bond donors (Lipinski definition) is 4. The Bertz CT molecular complexity index is 1460. The molecule has 9 nitrogen and oxygen atoms in total. The highest BCUT2D eigenvalue weighted by molar-refractivity contribution is 6.30. The fraction of sp³-hybridized carbons (Fsp3) is 0.115. The quantitative estimate of drug-likeness (QED) is 0.224. The van der Waals surface area contributed by atoms with E-state index in [1.165, 1.54) is 22.8 Å². The Morgan fingerprint density at radius 2 is 1.67 bits per heavy atom. The van der Waals surface area contributed by atoms with Crippen molar-refractivity contribution in [3.05, 3.63) is 88.1 Å². The number of rotatable bonds is 5. The van der Waals surface area contributed by atoms with E-state index >= 15 is 0 Å². The van der Waals surface area contributed by atoms with E-state index in [4.69, 9.17) is 32.3 Å². The molecule has 0 radical (unpaired) electrons. The molecule has 36 heavy (non-hydrogen) atoms. The SMILES string of the molecule is COc1ccc2c(c1)c(CC(=O)O)c(C)n2C(=O)c1ccc(Cl)cc1.Nc1ccc(O)c(C(=O)O)c1. The summed E-state index contributed by atoms with van der Waals surface area (Å²) in [4.78, 5) is 34.6. The lowest BCUT2D eigenvalue weighted by molar-refractivity contribution is -0.136. The lowest BCUT2D eigenvalue weighted by Crippen LogP contribution is -2.14. The van der Waals surface area contributed by atoms with Gasteiger partial charge in [-0.25, -0.2) is 4.79 Å². The maximum Gasteiger partial charge on any atom is 0.339 e. The number of nitrogen functional groups attached to an aromatic ring is 1. The van der Waals surface area contributed by atoms with Crippen LogP contribution in [0.3, 0.4) is 0 Å². The summed E-state index contributed by atoms with van der Waals surface area (Å²) in [5.41, 5.74) is 7.76. The summed E-state index contributed by atoms with van der Waals surface area (Å²) in [5.74, 6) is -2.04. The Hall–Kier alpha value is -4.50. The van der Waals surface area contributed by atoms with Gasteiger partial charge in [-0.05, 0) is 73.2 Å². The van der Waals surface area contributed by atoms with Gasteiger partial charge in [0.15, 0.2) is 0 Å². The Morgan fingerprint density at radius 3 is 2.22 bits per heavy atom. The normalized spacial score (nSPS) is 10.4. The van der Waals surface area contributed by atoms with Gasteiger partial charge in [-0.15, -0.1) is 0 Å². The molecule has 1 heterocycles. The van der Waals surface area contributed by atoms with Crippen molar-refractivity contribution in [2.45, 2.75) is 13.3 Å². The van der Waals surface area contributed by atoms with Crippen molar-refractivity contribution in [1.29, 1.82) is 0 Å². The van der Waals surface area contributed by atoms with Crippen LogP contribution in [0, 0.1) is 6.92 Å².